The number of hydrogen-bond donors (Lipinski definition) is 0. The molecule has 0 radical (unpaired) electrons. The molecule has 0 unspecified atom stereocenters. The van der Waals surface area contributed by atoms with Crippen molar-refractivity contribution in [3.63, 3.8) is 0 Å². The second kappa shape index (κ2) is 3.93. The first kappa shape index (κ1) is 8.76. The second-order valence-electron chi connectivity index (χ2n) is 3.10. The van der Waals surface area contributed by atoms with Crippen LogP contribution in [0.25, 0.3) is 0 Å². The van der Waals surface area contributed by atoms with Gasteiger partial charge in [-0.25, -0.2) is 4.99 Å². The summed E-state index contributed by atoms with van der Waals surface area (Å²) in [4.78, 5) is 4.32. The van der Waals surface area contributed by atoms with Crippen LogP contribution in [0.2, 0.25) is 0 Å². The zero-order valence-electron chi connectivity index (χ0n) is 7.68. The minimum Gasteiger partial charge on any atom is -0.478 e. The fraction of sp³-hybridized carbons (Fsp3) is 0.273. The molecule has 2 rings (SSSR count). The number of rotatable bonds is 2. The topological polar surface area (TPSA) is 45.4 Å². The van der Waals surface area contributed by atoms with Crippen molar-refractivity contribution in [2.75, 3.05) is 6.61 Å². The highest BCUT2D eigenvalue weighted by molar-refractivity contribution is 5.79. The van der Waals surface area contributed by atoms with Gasteiger partial charge in [0.15, 0.2) is 5.90 Å². The summed E-state index contributed by atoms with van der Waals surface area (Å²) in [6.07, 6.45) is 0.267. The molecule has 1 aromatic rings. The third-order valence-corrected chi connectivity index (χ3v) is 2.12. The summed E-state index contributed by atoms with van der Waals surface area (Å²) in [5.74, 6) is 0.557. The summed E-state index contributed by atoms with van der Waals surface area (Å²) >= 11 is 0. The molecule has 1 atom stereocenters. The largest absolute Gasteiger partial charge is 0.478 e. The Labute approximate surface area is 82.7 Å². The van der Waals surface area contributed by atoms with Gasteiger partial charge < -0.3 is 4.74 Å². The molecule has 0 amide bonds. The van der Waals surface area contributed by atoms with E-state index in [4.69, 9.17) is 10.00 Å². The van der Waals surface area contributed by atoms with E-state index >= 15 is 0 Å². The average Bonchev–Trinajstić information content (AvgIpc) is 2.68. The Kier molecular flexibility index (Phi) is 2.46. The molecule has 0 spiro atoms. The Morgan fingerprint density at radius 1 is 1.43 bits per heavy atom. The van der Waals surface area contributed by atoms with Gasteiger partial charge in [0.05, 0.1) is 6.07 Å². The molecular weight excluding hydrogens is 176 g/mol. The lowest BCUT2D eigenvalue weighted by Crippen LogP contribution is -1.98. The van der Waals surface area contributed by atoms with Crippen LogP contribution in [0.1, 0.15) is 18.0 Å². The predicted octanol–water partition coefficient (Wildman–Crippen LogP) is 2.07. The quantitative estimate of drug-likeness (QED) is 0.709. The summed E-state index contributed by atoms with van der Waals surface area (Å²) in [6.45, 7) is 0.557. The van der Waals surface area contributed by atoms with Gasteiger partial charge in [0.1, 0.15) is 19.1 Å². The van der Waals surface area contributed by atoms with E-state index in [9.17, 15) is 0 Å². The van der Waals surface area contributed by atoms with E-state index in [-0.39, 0.29) is 12.5 Å². The number of hydrogen-bond acceptors (Lipinski definition) is 3. The maximum absolute atomic E-state index is 8.47. The molecule has 3 heteroatoms. The Hall–Kier alpha value is -1.82. The maximum Gasteiger partial charge on any atom is 0.198 e. The van der Waals surface area contributed by atoms with Gasteiger partial charge >= 0.3 is 0 Å². The highest BCUT2D eigenvalue weighted by Gasteiger charge is 2.19. The zero-order chi connectivity index (χ0) is 9.80. The lowest BCUT2D eigenvalue weighted by molar-refractivity contribution is 0.314. The van der Waals surface area contributed by atoms with Crippen molar-refractivity contribution in [2.45, 2.75) is 12.5 Å². The van der Waals surface area contributed by atoms with Gasteiger partial charge in [0.2, 0.25) is 0 Å². The number of nitrogens with zero attached hydrogens (tertiary/aromatic N) is 2. The average molecular weight is 186 g/mol. The van der Waals surface area contributed by atoms with Gasteiger partial charge in [-0.15, -0.1) is 0 Å². The third kappa shape index (κ3) is 1.74. The van der Waals surface area contributed by atoms with E-state index in [1.165, 1.54) is 0 Å². The van der Waals surface area contributed by atoms with Crippen molar-refractivity contribution >= 4 is 5.90 Å². The fourth-order valence-electron chi connectivity index (χ4n) is 1.43. The standard InChI is InChI=1S/C11H10N2O/c12-7-6-11-13-10(8-14-11)9-4-2-1-3-5-9/h1-5,10H,6,8H2/t10-/m0/s1. The van der Waals surface area contributed by atoms with Crippen LogP contribution < -0.4 is 0 Å². The first-order valence-electron chi connectivity index (χ1n) is 4.51. The molecule has 1 aromatic carbocycles. The van der Waals surface area contributed by atoms with Gasteiger partial charge in [-0.05, 0) is 5.56 Å². The molecule has 1 aliphatic rings. The molecule has 0 saturated carbocycles. The highest BCUT2D eigenvalue weighted by Crippen LogP contribution is 2.22. The van der Waals surface area contributed by atoms with Crippen LogP contribution in [0.15, 0.2) is 35.3 Å². The number of aliphatic imine (C=N–C) groups is 1. The monoisotopic (exact) mass is 186 g/mol. The lowest BCUT2D eigenvalue weighted by Gasteiger charge is -2.03. The number of ether oxygens (including phenoxy) is 1. The first-order valence-corrected chi connectivity index (χ1v) is 4.51. The molecule has 0 aromatic heterocycles. The molecule has 0 N–H and O–H groups in total. The van der Waals surface area contributed by atoms with E-state index in [2.05, 4.69) is 4.99 Å². The van der Waals surface area contributed by atoms with Crippen LogP contribution >= 0.6 is 0 Å². The fourth-order valence-corrected chi connectivity index (χ4v) is 1.43. The van der Waals surface area contributed by atoms with Crippen LogP contribution in [0, 0.1) is 11.3 Å². The first-order chi connectivity index (χ1) is 6.90. The molecule has 70 valence electrons. The third-order valence-electron chi connectivity index (χ3n) is 2.12. The van der Waals surface area contributed by atoms with Crippen molar-refractivity contribution in [2.24, 2.45) is 4.99 Å². The number of nitriles is 1. The summed E-state index contributed by atoms with van der Waals surface area (Å²) < 4.78 is 5.29. The SMILES string of the molecule is N#CCC1=N[C@H](c2ccccc2)CO1. The van der Waals surface area contributed by atoms with Crippen LogP contribution in [0.5, 0.6) is 0 Å². The Bertz CT molecular complexity index is 378. The summed E-state index contributed by atoms with van der Waals surface area (Å²) in [5.41, 5.74) is 1.14. The van der Waals surface area contributed by atoms with Crippen molar-refractivity contribution in [3.05, 3.63) is 35.9 Å². The number of benzene rings is 1. The van der Waals surface area contributed by atoms with Crippen molar-refractivity contribution in [1.29, 1.82) is 5.26 Å². The van der Waals surface area contributed by atoms with Crippen LogP contribution in [0.3, 0.4) is 0 Å². The lowest BCUT2D eigenvalue weighted by atomic mass is 10.1. The van der Waals surface area contributed by atoms with Gasteiger partial charge in [-0.2, -0.15) is 5.26 Å². The van der Waals surface area contributed by atoms with E-state index in [0.29, 0.717) is 12.5 Å². The van der Waals surface area contributed by atoms with Gasteiger partial charge in [-0.3, -0.25) is 0 Å². The summed E-state index contributed by atoms with van der Waals surface area (Å²) in [7, 11) is 0. The zero-order valence-corrected chi connectivity index (χ0v) is 7.68. The van der Waals surface area contributed by atoms with E-state index in [1.807, 2.05) is 36.4 Å². The van der Waals surface area contributed by atoms with Crippen LogP contribution in [-0.2, 0) is 4.74 Å². The van der Waals surface area contributed by atoms with Crippen LogP contribution in [-0.4, -0.2) is 12.5 Å². The second-order valence-corrected chi connectivity index (χ2v) is 3.10. The predicted molar refractivity (Wildman–Crippen MR) is 52.8 cm³/mol. The molecule has 1 aliphatic heterocycles. The van der Waals surface area contributed by atoms with Gasteiger partial charge in [0, 0.05) is 0 Å². The Morgan fingerprint density at radius 3 is 2.93 bits per heavy atom. The molecule has 14 heavy (non-hydrogen) atoms. The minimum absolute atomic E-state index is 0.0690. The van der Waals surface area contributed by atoms with Crippen molar-refractivity contribution in [3.8, 4) is 6.07 Å². The van der Waals surface area contributed by atoms with Gasteiger partial charge in [-0.1, -0.05) is 30.3 Å². The molecule has 0 fully saturated rings. The molecule has 0 aliphatic carbocycles. The summed E-state index contributed by atoms with van der Waals surface area (Å²) in [5, 5.41) is 8.47. The van der Waals surface area contributed by atoms with E-state index < -0.39 is 0 Å². The molecule has 3 nitrogen and oxygen atoms in total. The molecule has 1 heterocycles. The molecule has 0 saturated heterocycles. The smallest absolute Gasteiger partial charge is 0.198 e. The maximum atomic E-state index is 8.47. The van der Waals surface area contributed by atoms with E-state index in [1.54, 1.807) is 0 Å². The Balaban J connectivity index is 2.13. The van der Waals surface area contributed by atoms with Gasteiger partial charge in [0.25, 0.3) is 0 Å². The van der Waals surface area contributed by atoms with Crippen molar-refractivity contribution < 1.29 is 4.74 Å². The Morgan fingerprint density at radius 2 is 2.21 bits per heavy atom. The summed E-state index contributed by atoms with van der Waals surface area (Å²) in [6, 6.07) is 12.1. The molecule has 0 bridgehead atoms. The molecular formula is C11H10N2O. The van der Waals surface area contributed by atoms with Crippen LogP contribution in [0.4, 0.5) is 0 Å². The normalized spacial score (nSPS) is 19.6. The van der Waals surface area contributed by atoms with E-state index in [0.717, 1.165) is 5.56 Å². The minimum atomic E-state index is 0.0690. The van der Waals surface area contributed by atoms with Crippen molar-refractivity contribution in [1.82, 2.24) is 0 Å². The highest BCUT2D eigenvalue weighted by atomic mass is 16.5.